The number of rotatable bonds is 14. The topological polar surface area (TPSA) is 27.7 Å². The fraction of sp³-hybridized carbons (Fsp3) is 1.00. The van der Waals surface area contributed by atoms with Crippen molar-refractivity contribution in [3.05, 3.63) is 0 Å². The Bertz CT molecular complexity index is 530. The molecule has 0 aromatic rings. The van der Waals surface area contributed by atoms with Crippen LogP contribution in [0.1, 0.15) is 67.2 Å². The first kappa shape index (κ1) is 30.7. The van der Waals surface area contributed by atoms with Crippen LogP contribution in [0.5, 0.6) is 0 Å². The first-order valence-electron chi connectivity index (χ1n) is 12.3. The summed E-state index contributed by atoms with van der Waals surface area (Å²) < 4.78 is 21.2. The first-order valence-corrected chi connectivity index (χ1v) is 24.8. The summed E-state index contributed by atoms with van der Waals surface area (Å²) in [5, 5.41) is 0.00355. The molecule has 0 aliphatic heterocycles. The average molecular weight is 493 g/mol. The highest BCUT2D eigenvalue weighted by Crippen LogP contribution is 2.47. The van der Waals surface area contributed by atoms with Crippen LogP contribution in [0, 0.1) is 0 Å². The lowest BCUT2D eigenvalue weighted by Crippen LogP contribution is -2.62. The van der Waals surface area contributed by atoms with Gasteiger partial charge in [-0.1, -0.05) is 60.2 Å². The zero-order valence-electron chi connectivity index (χ0n) is 23.3. The maximum atomic E-state index is 7.24. The van der Waals surface area contributed by atoms with E-state index in [1.807, 2.05) is 0 Å². The fourth-order valence-electron chi connectivity index (χ4n) is 5.16. The minimum Gasteiger partial charge on any atom is -0.436 e. The molecule has 0 aromatic heterocycles. The Morgan fingerprint density at radius 2 is 1.27 bits per heavy atom. The highest BCUT2D eigenvalue weighted by atomic mass is 28.4. The summed E-state index contributed by atoms with van der Waals surface area (Å²) in [5.41, 5.74) is 0.250. The largest absolute Gasteiger partial charge is 0.436 e. The van der Waals surface area contributed by atoms with Crippen molar-refractivity contribution in [1.29, 1.82) is 0 Å². The molecule has 0 bridgehead atoms. The Balaban J connectivity index is 6.16. The van der Waals surface area contributed by atoms with E-state index in [0.717, 1.165) is 31.7 Å². The normalized spacial score (nSPS) is 20.9. The molecule has 7 heteroatoms. The van der Waals surface area contributed by atoms with Gasteiger partial charge in [0.25, 0.3) is 0 Å². The minimum atomic E-state index is -2.26. The molecule has 0 aliphatic carbocycles. The summed E-state index contributed by atoms with van der Waals surface area (Å²) in [6.07, 6.45) is 4.37. The highest BCUT2D eigenvalue weighted by Gasteiger charge is 2.53. The van der Waals surface area contributed by atoms with Gasteiger partial charge >= 0.3 is 8.56 Å². The van der Waals surface area contributed by atoms with Gasteiger partial charge in [0, 0.05) is 10.8 Å². The molecule has 4 atom stereocenters. The molecule has 0 radical (unpaired) electrons. The van der Waals surface area contributed by atoms with E-state index in [-0.39, 0.29) is 10.8 Å². The minimum absolute atomic E-state index is 0.00355. The zero-order valence-corrected chi connectivity index (χ0v) is 27.3. The van der Waals surface area contributed by atoms with Gasteiger partial charge < -0.3 is 13.0 Å². The van der Waals surface area contributed by atoms with Gasteiger partial charge in [-0.05, 0) is 72.0 Å². The molecule has 0 aromatic carbocycles. The summed E-state index contributed by atoms with van der Waals surface area (Å²) in [4.78, 5) is 0. The third-order valence-corrected chi connectivity index (χ3v) is 21.0. The van der Waals surface area contributed by atoms with Crippen LogP contribution in [-0.2, 0) is 13.0 Å². The monoisotopic (exact) mass is 492 g/mol. The van der Waals surface area contributed by atoms with E-state index in [4.69, 9.17) is 13.0 Å². The molecule has 0 fully saturated rings. The molecule has 0 saturated heterocycles. The summed E-state index contributed by atoms with van der Waals surface area (Å²) in [7, 11) is -7.47. The number of hydrogen-bond donors (Lipinski definition) is 0. The maximum Gasteiger partial charge on any atom is 0.324 e. The molecule has 4 unspecified atom stereocenters. The van der Waals surface area contributed by atoms with Crippen molar-refractivity contribution in [2.75, 3.05) is 0 Å². The molecule has 0 saturated carbocycles. The lowest BCUT2D eigenvalue weighted by Gasteiger charge is -2.53. The Morgan fingerprint density at radius 1 is 0.767 bits per heavy atom. The predicted octanol–water partition coefficient (Wildman–Crippen LogP) is 8.55. The van der Waals surface area contributed by atoms with Gasteiger partial charge in [0.2, 0.25) is 0 Å². The molecule has 3 nitrogen and oxygen atoms in total. The maximum absolute atomic E-state index is 7.24. The fourth-order valence-corrected chi connectivity index (χ4v) is 19.8. The van der Waals surface area contributed by atoms with Gasteiger partial charge in [-0.3, -0.25) is 0 Å². The van der Waals surface area contributed by atoms with Crippen LogP contribution < -0.4 is 0 Å². The van der Waals surface area contributed by atoms with Crippen molar-refractivity contribution in [1.82, 2.24) is 0 Å². The molecular formula is C23H56O3Si4. The van der Waals surface area contributed by atoms with Crippen molar-refractivity contribution in [2.24, 2.45) is 0 Å². The van der Waals surface area contributed by atoms with E-state index in [9.17, 15) is 0 Å². The zero-order chi connectivity index (χ0) is 24.2. The van der Waals surface area contributed by atoms with Crippen molar-refractivity contribution in [2.45, 2.75) is 149 Å². The number of hydrogen-bond acceptors (Lipinski definition) is 3. The van der Waals surface area contributed by atoms with E-state index in [1.165, 1.54) is 0 Å². The van der Waals surface area contributed by atoms with E-state index in [0.29, 0.717) is 5.54 Å². The molecule has 0 amide bonds. The van der Waals surface area contributed by atoms with Crippen molar-refractivity contribution in [3.63, 3.8) is 0 Å². The van der Waals surface area contributed by atoms with Gasteiger partial charge in [0.1, 0.15) is 0 Å². The van der Waals surface area contributed by atoms with E-state index >= 15 is 0 Å². The van der Waals surface area contributed by atoms with Crippen LogP contribution >= 0.6 is 0 Å². The smallest absolute Gasteiger partial charge is 0.324 e. The third-order valence-electron chi connectivity index (χ3n) is 7.09. The van der Waals surface area contributed by atoms with Crippen LogP contribution in [0.2, 0.25) is 70.5 Å². The SMILES string of the molecule is CCCC(C)(O[Si](C)(CC)O[Si](C)(C)C)C(CC)[Si](C)(C)OC(C)(CC)[Si](C)(C)C. The molecule has 0 rings (SSSR count). The molecule has 0 spiro atoms. The average Bonchev–Trinajstić information content (AvgIpc) is 2.51. The van der Waals surface area contributed by atoms with Crippen molar-refractivity contribution in [3.8, 4) is 0 Å². The van der Waals surface area contributed by atoms with Crippen molar-refractivity contribution < 1.29 is 13.0 Å². The van der Waals surface area contributed by atoms with E-state index in [2.05, 4.69) is 100 Å². The molecule has 0 aliphatic rings. The summed E-state index contributed by atoms with van der Waals surface area (Å²) >= 11 is 0. The van der Waals surface area contributed by atoms with Gasteiger partial charge in [-0.15, -0.1) is 0 Å². The summed E-state index contributed by atoms with van der Waals surface area (Å²) in [5.74, 6) is 0. The van der Waals surface area contributed by atoms with Crippen LogP contribution in [0.15, 0.2) is 0 Å². The van der Waals surface area contributed by atoms with Crippen LogP contribution in [0.25, 0.3) is 0 Å². The molecule has 30 heavy (non-hydrogen) atoms. The van der Waals surface area contributed by atoms with E-state index < -0.39 is 33.3 Å². The van der Waals surface area contributed by atoms with Crippen molar-refractivity contribution >= 4 is 33.3 Å². The molecule has 0 heterocycles. The van der Waals surface area contributed by atoms with E-state index in [1.54, 1.807) is 0 Å². The second kappa shape index (κ2) is 10.8. The van der Waals surface area contributed by atoms with Gasteiger partial charge in [-0.25, -0.2) is 0 Å². The highest BCUT2D eigenvalue weighted by molar-refractivity contribution is 6.82. The second-order valence-electron chi connectivity index (χ2n) is 12.4. The molecule has 0 N–H and O–H groups in total. The Morgan fingerprint density at radius 3 is 1.57 bits per heavy atom. The summed E-state index contributed by atoms with van der Waals surface area (Å²) in [6.45, 7) is 35.3. The van der Waals surface area contributed by atoms with Crippen LogP contribution in [-0.4, -0.2) is 44.1 Å². The molecular weight excluding hydrogens is 437 g/mol. The Kier molecular flexibility index (Phi) is 11.1. The first-order chi connectivity index (χ1) is 13.2. The van der Waals surface area contributed by atoms with Gasteiger partial charge in [0.05, 0.1) is 13.7 Å². The third kappa shape index (κ3) is 8.27. The lowest BCUT2D eigenvalue weighted by molar-refractivity contribution is 0.0238. The van der Waals surface area contributed by atoms with Gasteiger partial charge in [-0.2, -0.15) is 0 Å². The lowest BCUT2D eigenvalue weighted by atomic mass is 9.94. The molecule has 182 valence electrons. The second-order valence-corrected chi connectivity index (χ2v) is 30.3. The van der Waals surface area contributed by atoms with Crippen LogP contribution in [0.3, 0.4) is 0 Å². The standard InChI is InChI=1S/C23H56O3Si4/c1-16-20-22(5,24-30(15,19-4)26-28(10,11)12)21(17-2)29(13,14)25-23(6,18-3)27(7,8)9/h21H,16-20H2,1-15H3. The summed E-state index contributed by atoms with van der Waals surface area (Å²) in [6, 6.07) is 0.997. The quantitative estimate of drug-likeness (QED) is 0.227. The Hall–Kier alpha value is 0.748. The van der Waals surface area contributed by atoms with Gasteiger partial charge in [0.15, 0.2) is 16.6 Å². The predicted molar refractivity (Wildman–Crippen MR) is 146 cm³/mol. The van der Waals surface area contributed by atoms with Crippen LogP contribution in [0.4, 0.5) is 0 Å². The Labute approximate surface area is 194 Å².